The highest BCUT2D eigenvalue weighted by Gasteiger charge is 2.28. The van der Waals surface area contributed by atoms with Crippen LogP contribution in [0.25, 0.3) is 10.8 Å². The lowest BCUT2D eigenvalue weighted by Crippen LogP contribution is -2.39. The first-order chi connectivity index (χ1) is 12.1. The summed E-state index contributed by atoms with van der Waals surface area (Å²) in [6.07, 6.45) is 0.374. The molecule has 4 heteroatoms. The Morgan fingerprint density at radius 1 is 1.08 bits per heavy atom. The van der Waals surface area contributed by atoms with Crippen molar-refractivity contribution in [3.05, 3.63) is 70.7 Å². The summed E-state index contributed by atoms with van der Waals surface area (Å²) in [5, 5.41) is 2.22. The summed E-state index contributed by atoms with van der Waals surface area (Å²) < 4.78 is 6.99. The van der Waals surface area contributed by atoms with E-state index in [1.165, 1.54) is 5.56 Å². The van der Waals surface area contributed by atoms with Gasteiger partial charge in [-0.15, -0.1) is 0 Å². The van der Waals surface area contributed by atoms with Gasteiger partial charge in [0.25, 0.3) is 5.91 Å². The zero-order chi connectivity index (χ0) is 17.4. The van der Waals surface area contributed by atoms with E-state index >= 15 is 0 Å². The first kappa shape index (κ1) is 16.2. The molecule has 0 unspecified atom stereocenters. The van der Waals surface area contributed by atoms with E-state index in [1.807, 2.05) is 60.4 Å². The number of fused-ring (bicyclic) bond motifs is 2. The van der Waals surface area contributed by atoms with Gasteiger partial charge in [0.15, 0.2) is 6.10 Å². The van der Waals surface area contributed by atoms with E-state index in [1.54, 1.807) is 0 Å². The van der Waals surface area contributed by atoms with Crippen LogP contribution in [-0.4, -0.2) is 18.6 Å². The minimum absolute atomic E-state index is 0.000790. The van der Waals surface area contributed by atoms with Gasteiger partial charge in [0, 0.05) is 16.7 Å². The average molecular weight is 396 g/mol. The fourth-order valence-corrected chi connectivity index (χ4v) is 3.69. The molecule has 25 heavy (non-hydrogen) atoms. The number of para-hydroxylation sites is 1. The van der Waals surface area contributed by atoms with Crippen LogP contribution in [0.2, 0.25) is 0 Å². The molecule has 126 valence electrons. The zero-order valence-corrected chi connectivity index (χ0v) is 15.5. The van der Waals surface area contributed by atoms with Crippen molar-refractivity contribution in [3.63, 3.8) is 0 Å². The molecule has 4 rings (SSSR count). The Bertz CT molecular complexity index is 954. The minimum atomic E-state index is -0.529. The van der Waals surface area contributed by atoms with Crippen molar-refractivity contribution in [1.82, 2.24) is 0 Å². The Kier molecular flexibility index (Phi) is 4.22. The molecular weight excluding hydrogens is 378 g/mol. The van der Waals surface area contributed by atoms with Crippen LogP contribution in [0.3, 0.4) is 0 Å². The normalized spacial score (nSPS) is 14.4. The standard InChI is InChI=1S/C21H18BrNO2/c1-14(21(24)23-11-10-15-4-2-3-5-20(15)23)25-19-9-7-16-12-18(22)8-6-17(16)13-19/h2-9,12-14H,10-11H2,1H3/t14-/m1/s1. The van der Waals surface area contributed by atoms with E-state index in [-0.39, 0.29) is 5.91 Å². The highest BCUT2D eigenvalue weighted by Crippen LogP contribution is 2.29. The molecule has 3 aromatic rings. The molecule has 0 fully saturated rings. The molecule has 3 nitrogen and oxygen atoms in total. The summed E-state index contributed by atoms with van der Waals surface area (Å²) in [5.41, 5.74) is 2.23. The van der Waals surface area contributed by atoms with Gasteiger partial charge in [0.05, 0.1) is 0 Å². The largest absolute Gasteiger partial charge is 0.481 e. The number of hydrogen-bond donors (Lipinski definition) is 0. The summed E-state index contributed by atoms with van der Waals surface area (Å²) in [5.74, 6) is 0.712. The highest BCUT2D eigenvalue weighted by molar-refractivity contribution is 9.10. The van der Waals surface area contributed by atoms with Crippen LogP contribution in [-0.2, 0) is 11.2 Å². The van der Waals surface area contributed by atoms with Gasteiger partial charge in [-0.05, 0) is 60.0 Å². The smallest absolute Gasteiger partial charge is 0.267 e. The average Bonchev–Trinajstić information content (AvgIpc) is 3.05. The third-order valence-electron chi connectivity index (χ3n) is 4.59. The molecule has 0 bridgehead atoms. The zero-order valence-electron chi connectivity index (χ0n) is 13.9. The molecule has 0 spiro atoms. The second-order valence-electron chi connectivity index (χ2n) is 6.28. The van der Waals surface area contributed by atoms with Crippen molar-refractivity contribution in [1.29, 1.82) is 0 Å². The minimum Gasteiger partial charge on any atom is -0.481 e. The number of amides is 1. The van der Waals surface area contributed by atoms with E-state index in [4.69, 9.17) is 4.74 Å². The maximum Gasteiger partial charge on any atom is 0.267 e. The summed E-state index contributed by atoms with van der Waals surface area (Å²) in [6, 6.07) is 20.1. The molecule has 0 N–H and O–H groups in total. The fraction of sp³-hybridized carbons (Fsp3) is 0.190. The molecule has 1 aliphatic rings. The maximum absolute atomic E-state index is 12.8. The van der Waals surface area contributed by atoms with Gasteiger partial charge in [-0.25, -0.2) is 0 Å². The molecule has 3 aromatic carbocycles. The van der Waals surface area contributed by atoms with E-state index in [0.29, 0.717) is 5.75 Å². The van der Waals surface area contributed by atoms with Crippen molar-refractivity contribution in [3.8, 4) is 5.75 Å². The molecule has 0 saturated carbocycles. The molecule has 1 amide bonds. The summed E-state index contributed by atoms with van der Waals surface area (Å²) in [4.78, 5) is 14.6. The van der Waals surface area contributed by atoms with E-state index in [2.05, 4.69) is 28.1 Å². The first-order valence-corrected chi connectivity index (χ1v) is 9.16. The lowest BCUT2D eigenvalue weighted by Gasteiger charge is -2.22. The first-order valence-electron chi connectivity index (χ1n) is 8.37. The second kappa shape index (κ2) is 6.52. The lowest BCUT2D eigenvalue weighted by molar-refractivity contribution is -0.124. The van der Waals surface area contributed by atoms with Gasteiger partial charge in [0.2, 0.25) is 0 Å². The Morgan fingerprint density at radius 3 is 2.72 bits per heavy atom. The van der Waals surface area contributed by atoms with Crippen LogP contribution < -0.4 is 9.64 Å². The SMILES string of the molecule is C[C@@H](Oc1ccc2cc(Br)ccc2c1)C(=O)N1CCc2ccccc21. The Balaban J connectivity index is 1.53. The van der Waals surface area contributed by atoms with E-state index in [9.17, 15) is 4.79 Å². The number of ether oxygens (including phenoxy) is 1. The van der Waals surface area contributed by atoms with Gasteiger partial charge < -0.3 is 9.64 Å². The topological polar surface area (TPSA) is 29.5 Å². The van der Waals surface area contributed by atoms with Gasteiger partial charge in [0.1, 0.15) is 5.75 Å². The van der Waals surface area contributed by atoms with Crippen LogP contribution >= 0.6 is 15.9 Å². The Morgan fingerprint density at radius 2 is 1.84 bits per heavy atom. The number of nitrogens with zero attached hydrogens (tertiary/aromatic N) is 1. The quantitative estimate of drug-likeness (QED) is 0.627. The van der Waals surface area contributed by atoms with Gasteiger partial charge in [-0.2, -0.15) is 0 Å². The highest BCUT2D eigenvalue weighted by atomic mass is 79.9. The van der Waals surface area contributed by atoms with Crippen LogP contribution in [0.4, 0.5) is 5.69 Å². The summed E-state index contributed by atoms with van der Waals surface area (Å²) >= 11 is 3.48. The van der Waals surface area contributed by atoms with Crippen molar-refractivity contribution in [2.75, 3.05) is 11.4 Å². The fourth-order valence-electron chi connectivity index (χ4n) is 3.31. The lowest BCUT2D eigenvalue weighted by atomic mass is 10.1. The van der Waals surface area contributed by atoms with E-state index in [0.717, 1.165) is 33.9 Å². The summed E-state index contributed by atoms with van der Waals surface area (Å²) in [7, 11) is 0. The number of hydrogen-bond acceptors (Lipinski definition) is 2. The monoisotopic (exact) mass is 395 g/mol. The van der Waals surface area contributed by atoms with E-state index < -0.39 is 6.10 Å². The third kappa shape index (κ3) is 3.14. The van der Waals surface area contributed by atoms with Gasteiger partial charge >= 0.3 is 0 Å². The number of anilines is 1. The predicted molar refractivity (Wildman–Crippen MR) is 104 cm³/mol. The van der Waals surface area contributed by atoms with Crippen molar-refractivity contribution in [2.24, 2.45) is 0 Å². The molecule has 0 aliphatic carbocycles. The molecule has 0 radical (unpaired) electrons. The second-order valence-corrected chi connectivity index (χ2v) is 7.20. The third-order valence-corrected chi connectivity index (χ3v) is 5.08. The van der Waals surface area contributed by atoms with Gasteiger partial charge in [-0.3, -0.25) is 4.79 Å². The molecule has 1 heterocycles. The predicted octanol–water partition coefficient (Wildman–Crippen LogP) is 4.96. The van der Waals surface area contributed by atoms with Gasteiger partial charge in [-0.1, -0.05) is 46.3 Å². The summed E-state index contributed by atoms with van der Waals surface area (Å²) in [6.45, 7) is 2.53. The van der Waals surface area contributed by atoms with Crippen LogP contribution in [0.5, 0.6) is 5.75 Å². The van der Waals surface area contributed by atoms with Crippen LogP contribution in [0, 0.1) is 0 Å². The van der Waals surface area contributed by atoms with Crippen molar-refractivity contribution < 1.29 is 9.53 Å². The molecule has 0 aromatic heterocycles. The Hall–Kier alpha value is -2.33. The molecular formula is C21H18BrNO2. The number of carbonyl (C=O) groups excluding carboxylic acids is 1. The van der Waals surface area contributed by atoms with Crippen LogP contribution in [0.15, 0.2) is 65.1 Å². The van der Waals surface area contributed by atoms with Crippen molar-refractivity contribution >= 4 is 38.3 Å². The van der Waals surface area contributed by atoms with Crippen LogP contribution in [0.1, 0.15) is 12.5 Å². The Labute approximate surface area is 155 Å². The number of benzene rings is 3. The number of carbonyl (C=O) groups is 1. The molecule has 1 aliphatic heterocycles. The molecule has 1 atom stereocenters. The number of rotatable bonds is 3. The van der Waals surface area contributed by atoms with Crippen molar-refractivity contribution in [2.45, 2.75) is 19.4 Å². The maximum atomic E-state index is 12.8. The number of halogens is 1. The molecule has 0 saturated heterocycles.